The molecule has 4 N–H and O–H groups in total. The van der Waals surface area contributed by atoms with Crippen molar-refractivity contribution in [3.8, 4) is 5.75 Å². The highest BCUT2D eigenvalue weighted by atomic mass is 35.5. The zero-order chi connectivity index (χ0) is 18.6. The summed E-state index contributed by atoms with van der Waals surface area (Å²) in [5, 5.41) is 13.3. The van der Waals surface area contributed by atoms with E-state index in [1.165, 1.54) is 12.7 Å². The topological polar surface area (TPSA) is 93.3 Å². The zero-order valence-electron chi connectivity index (χ0n) is 14.9. The third-order valence-corrected chi connectivity index (χ3v) is 5.40. The number of hydrogen-bond acceptors (Lipinski definition) is 6. The minimum absolute atomic E-state index is 0.0886. The first-order chi connectivity index (χ1) is 12.5. The summed E-state index contributed by atoms with van der Waals surface area (Å²) in [5.41, 5.74) is 6.89. The molecule has 1 aliphatic carbocycles. The van der Waals surface area contributed by atoms with Gasteiger partial charge in [0, 0.05) is 12.0 Å². The number of ether oxygens (including phenoxy) is 1. The maximum Gasteiger partial charge on any atom is 0.223 e. The van der Waals surface area contributed by atoms with Gasteiger partial charge in [-0.2, -0.15) is 9.97 Å². The molecule has 0 spiro atoms. The van der Waals surface area contributed by atoms with Crippen molar-refractivity contribution in [3.63, 3.8) is 0 Å². The van der Waals surface area contributed by atoms with E-state index in [0.717, 1.165) is 25.7 Å². The van der Waals surface area contributed by atoms with Gasteiger partial charge in [-0.15, -0.1) is 0 Å². The number of aromatic nitrogens is 2. The van der Waals surface area contributed by atoms with Gasteiger partial charge in [0.1, 0.15) is 0 Å². The Bertz CT molecular complexity index is 736. The molecule has 1 aromatic carbocycles. The highest BCUT2D eigenvalue weighted by molar-refractivity contribution is 6.31. The van der Waals surface area contributed by atoms with Gasteiger partial charge in [0.05, 0.1) is 13.7 Å². The van der Waals surface area contributed by atoms with Crippen LogP contribution < -0.4 is 15.8 Å². The van der Waals surface area contributed by atoms with Crippen molar-refractivity contribution < 1.29 is 9.84 Å². The van der Waals surface area contributed by atoms with Crippen LogP contribution >= 0.6 is 11.6 Å². The number of anilines is 2. The van der Waals surface area contributed by atoms with Gasteiger partial charge in [-0.05, 0) is 37.2 Å². The number of aliphatic hydroxyl groups excluding tert-OH is 1. The van der Waals surface area contributed by atoms with Crippen molar-refractivity contribution in [2.45, 2.75) is 25.7 Å². The number of methoxy groups -OCH3 is 1. The van der Waals surface area contributed by atoms with Crippen molar-refractivity contribution in [2.24, 2.45) is 11.3 Å². The van der Waals surface area contributed by atoms with Crippen LogP contribution in [0.25, 0.3) is 0 Å². The van der Waals surface area contributed by atoms with Gasteiger partial charge < -0.3 is 20.9 Å². The molecule has 3 rings (SSSR count). The first-order valence-electron chi connectivity index (χ1n) is 8.81. The van der Waals surface area contributed by atoms with E-state index in [0.29, 0.717) is 24.0 Å². The molecule has 140 valence electrons. The van der Waals surface area contributed by atoms with Gasteiger partial charge in [0.25, 0.3) is 0 Å². The van der Waals surface area contributed by atoms with Gasteiger partial charge in [-0.25, -0.2) is 0 Å². The highest BCUT2D eigenvalue weighted by Gasteiger charge is 2.43. The fraction of sp³-hybridized carbons (Fsp3) is 0.474. The first-order valence-corrected chi connectivity index (χ1v) is 9.19. The molecule has 0 amide bonds. The molecule has 0 aliphatic heterocycles. The average Bonchev–Trinajstić information content (AvgIpc) is 2.61. The second-order valence-corrected chi connectivity index (χ2v) is 7.42. The number of nitrogens with one attached hydrogen (secondary N) is 1. The van der Waals surface area contributed by atoms with Crippen molar-refractivity contribution in [2.75, 3.05) is 31.3 Å². The Kier molecular flexibility index (Phi) is 5.84. The van der Waals surface area contributed by atoms with E-state index in [2.05, 4.69) is 39.6 Å². The summed E-state index contributed by atoms with van der Waals surface area (Å²) in [7, 11) is 1.51. The fourth-order valence-electron chi connectivity index (χ4n) is 3.73. The minimum Gasteiger partial charge on any atom is -0.490 e. The SMILES string of the molecule is COc1c(Cl)nc(N)nc1NCC1(CO)CC(CCc2ccccc2)C1. The van der Waals surface area contributed by atoms with Crippen LogP contribution in [0.1, 0.15) is 24.8 Å². The van der Waals surface area contributed by atoms with Crippen LogP contribution in [0.2, 0.25) is 5.15 Å². The number of nitrogen functional groups attached to an aromatic ring is 1. The van der Waals surface area contributed by atoms with Crippen molar-refractivity contribution in [3.05, 3.63) is 41.0 Å². The molecule has 0 radical (unpaired) electrons. The molecule has 1 fully saturated rings. The van der Waals surface area contributed by atoms with E-state index in [1.54, 1.807) is 0 Å². The summed E-state index contributed by atoms with van der Waals surface area (Å²) >= 11 is 6.04. The molecule has 2 aromatic rings. The summed E-state index contributed by atoms with van der Waals surface area (Å²) in [6, 6.07) is 10.5. The maximum absolute atomic E-state index is 9.90. The molecule has 7 heteroatoms. The Hall–Kier alpha value is -2.05. The molecule has 0 saturated heterocycles. The number of aliphatic hydroxyl groups is 1. The maximum atomic E-state index is 9.90. The minimum atomic E-state index is -0.140. The standard InChI is InChI=1S/C19H25ClN4O2/c1-26-15-16(20)23-18(21)24-17(15)22-11-19(12-25)9-14(10-19)8-7-13-5-3-2-4-6-13/h2-6,14,25H,7-12H2,1H3,(H3,21,22,23,24). The average molecular weight is 377 g/mol. The summed E-state index contributed by atoms with van der Waals surface area (Å²) in [6.45, 7) is 0.729. The quantitative estimate of drug-likeness (QED) is 0.613. The van der Waals surface area contributed by atoms with E-state index >= 15 is 0 Å². The molecule has 6 nitrogen and oxygen atoms in total. The Balaban J connectivity index is 1.55. The first kappa shape index (κ1) is 18.7. The van der Waals surface area contributed by atoms with Gasteiger partial charge in [-0.1, -0.05) is 41.9 Å². The molecule has 1 aromatic heterocycles. The van der Waals surface area contributed by atoms with Crippen LogP contribution in [-0.4, -0.2) is 35.3 Å². The lowest BCUT2D eigenvalue weighted by molar-refractivity contribution is 0.00299. The van der Waals surface area contributed by atoms with E-state index < -0.39 is 0 Å². The largest absolute Gasteiger partial charge is 0.490 e. The van der Waals surface area contributed by atoms with Crippen LogP contribution in [0, 0.1) is 11.3 Å². The van der Waals surface area contributed by atoms with Gasteiger partial charge in [0.15, 0.2) is 16.7 Å². The van der Waals surface area contributed by atoms with Gasteiger partial charge in [-0.3, -0.25) is 0 Å². The van der Waals surface area contributed by atoms with E-state index in [9.17, 15) is 5.11 Å². The normalized spacial score (nSPS) is 21.9. The number of rotatable bonds is 8. The third kappa shape index (κ3) is 4.19. The van der Waals surface area contributed by atoms with E-state index in [1.807, 2.05) is 6.07 Å². The molecule has 0 bridgehead atoms. The molecular formula is C19H25ClN4O2. The van der Waals surface area contributed by atoms with Crippen molar-refractivity contribution >= 4 is 23.4 Å². The molecule has 0 unspecified atom stereocenters. The predicted molar refractivity (Wildman–Crippen MR) is 104 cm³/mol. The third-order valence-electron chi connectivity index (χ3n) is 5.14. The lowest BCUT2D eigenvalue weighted by Crippen LogP contribution is -2.45. The number of aryl methyl sites for hydroxylation is 1. The molecule has 1 aliphatic rings. The zero-order valence-corrected chi connectivity index (χ0v) is 15.7. The van der Waals surface area contributed by atoms with E-state index in [4.69, 9.17) is 22.1 Å². The van der Waals surface area contributed by atoms with Crippen LogP contribution in [0.5, 0.6) is 5.75 Å². The lowest BCUT2D eigenvalue weighted by atomic mass is 9.61. The predicted octanol–water partition coefficient (Wildman–Crippen LogP) is 3.15. The summed E-state index contributed by atoms with van der Waals surface area (Å²) < 4.78 is 5.25. The monoisotopic (exact) mass is 376 g/mol. The number of benzene rings is 1. The second kappa shape index (κ2) is 8.10. The molecule has 1 saturated carbocycles. The van der Waals surface area contributed by atoms with Gasteiger partial charge in [0.2, 0.25) is 5.95 Å². The van der Waals surface area contributed by atoms with Crippen LogP contribution in [-0.2, 0) is 6.42 Å². The smallest absolute Gasteiger partial charge is 0.223 e. The number of nitrogens with two attached hydrogens (primary N) is 1. The number of hydrogen-bond donors (Lipinski definition) is 3. The second-order valence-electron chi connectivity index (χ2n) is 7.06. The summed E-state index contributed by atoms with van der Waals surface area (Å²) in [4.78, 5) is 8.05. The molecule has 0 atom stereocenters. The Morgan fingerprint density at radius 2 is 2.04 bits per heavy atom. The Morgan fingerprint density at radius 3 is 2.69 bits per heavy atom. The fourth-order valence-corrected chi connectivity index (χ4v) is 3.98. The number of halogens is 1. The van der Waals surface area contributed by atoms with Crippen LogP contribution in [0.3, 0.4) is 0 Å². The molecular weight excluding hydrogens is 352 g/mol. The lowest BCUT2D eigenvalue weighted by Gasteiger charge is -2.47. The summed E-state index contributed by atoms with van der Waals surface area (Å²) in [5.74, 6) is 1.55. The summed E-state index contributed by atoms with van der Waals surface area (Å²) in [6.07, 6.45) is 4.19. The van der Waals surface area contributed by atoms with Crippen LogP contribution in [0.15, 0.2) is 30.3 Å². The van der Waals surface area contributed by atoms with Crippen LogP contribution in [0.4, 0.5) is 11.8 Å². The number of nitrogens with zero attached hydrogens (tertiary/aromatic N) is 2. The van der Waals surface area contributed by atoms with Gasteiger partial charge >= 0.3 is 0 Å². The highest BCUT2D eigenvalue weighted by Crippen LogP contribution is 2.47. The molecule has 26 heavy (non-hydrogen) atoms. The van der Waals surface area contributed by atoms with Crippen molar-refractivity contribution in [1.29, 1.82) is 0 Å². The van der Waals surface area contributed by atoms with Crippen molar-refractivity contribution in [1.82, 2.24) is 9.97 Å². The molecule has 1 heterocycles. The Labute approximate surface area is 158 Å². The van der Waals surface area contributed by atoms with E-state index in [-0.39, 0.29) is 23.1 Å². The Morgan fingerprint density at radius 1 is 1.31 bits per heavy atom.